The van der Waals surface area contributed by atoms with Crippen LogP contribution in [0.5, 0.6) is 0 Å². The number of nitrogens with one attached hydrogen (secondary N) is 5. The third-order valence-corrected chi connectivity index (χ3v) is 12.1. The Balaban J connectivity index is 0.000000137. The summed E-state index contributed by atoms with van der Waals surface area (Å²) in [5, 5.41) is 30.0. The minimum absolute atomic E-state index is 0.0230. The highest BCUT2D eigenvalue weighted by Crippen LogP contribution is 2.34. The summed E-state index contributed by atoms with van der Waals surface area (Å²) in [6.45, 7) is 12.4. The van der Waals surface area contributed by atoms with E-state index in [2.05, 4.69) is 86.7 Å². The molecule has 0 radical (unpaired) electrons. The Morgan fingerprint density at radius 2 is 1.09 bits per heavy atom. The van der Waals surface area contributed by atoms with E-state index in [1.807, 2.05) is 86.2 Å². The van der Waals surface area contributed by atoms with E-state index in [-0.39, 0.29) is 6.61 Å². The number of ether oxygens (including phenoxy) is 2. The Morgan fingerprint density at radius 3 is 1.58 bits per heavy atom. The van der Waals surface area contributed by atoms with E-state index in [0.29, 0.717) is 0 Å². The summed E-state index contributed by atoms with van der Waals surface area (Å²) in [6.07, 6.45) is 7.48. The first-order valence-electron chi connectivity index (χ1n) is 21.9. The number of aliphatic hydroxyl groups excluding tert-OH is 1. The van der Waals surface area contributed by atoms with Crippen molar-refractivity contribution in [3.63, 3.8) is 0 Å². The molecular weight excluding hydrogens is 817 g/mol. The lowest BCUT2D eigenvalue weighted by atomic mass is 9.97. The van der Waals surface area contributed by atoms with Crippen LogP contribution in [0.2, 0.25) is 0 Å². The molecule has 328 valence electrons. The maximum atomic E-state index is 9.52. The topological polar surface area (TPSA) is 194 Å². The van der Waals surface area contributed by atoms with Crippen LogP contribution in [0.25, 0.3) is 89.2 Å². The molecule has 0 unspecified atom stereocenters. The van der Waals surface area contributed by atoms with Gasteiger partial charge in [0, 0.05) is 79.4 Å². The fourth-order valence-electron chi connectivity index (χ4n) is 8.41. The average Bonchev–Trinajstić information content (AvgIpc) is 4.18. The molecule has 8 heterocycles. The van der Waals surface area contributed by atoms with Crippen LogP contribution in [0.15, 0.2) is 110 Å². The molecule has 2 fully saturated rings. The highest BCUT2D eigenvalue weighted by atomic mass is 16.5. The standard InChI is InChI=1S/C25H24N6O.C21H17N5O.C4H9NO/c1-16-18(15-31-8-10-32-11-9-31)13-26-14-20(16)17-6-7-21-19(12-17)24(30-29-21)25-27-22-4-2-3-5-23(22)28-25;1-12-14(11-27)9-22-10-16(12)13-6-7-17-15(8-13)20(26-25-17)21-23-18-4-2-3-5-19(18)24-21;1-3-6-4-2-5-1/h2-7,12-14H,8-11,15H2,1H3,(H,27,28)(H,29,30);2-10,27H,11H2,1H3,(H,23,24)(H,25,26);5H,1-4H2. The van der Waals surface area contributed by atoms with E-state index >= 15 is 0 Å². The summed E-state index contributed by atoms with van der Waals surface area (Å²) in [7, 11) is 0. The first kappa shape index (κ1) is 41.8. The maximum absolute atomic E-state index is 9.52. The van der Waals surface area contributed by atoms with Crippen molar-refractivity contribution in [1.82, 2.24) is 60.5 Å². The van der Waals surface area contributed by atoms with Gasteiger partial charge in [-0.25, -0.2) is 9.97 Å². The molecule has 0 atom stereocenters. The van der Waals surface area contributed by atoms with E-state index < -0.39 is 0 Å². The molecule has 15 nitrogen and oxygen atoms in total. The van der Waals surface area contributed by atoms with Crippen molar-refractivity contribution >= 4 is 43.9 Å². The number of H-pyrrole nitrogens is 4. The second-order valence-corrected chi connectivity index (χ2v) is 16.2. The van der Waals surface area contributed by atoms with E-state index in [4.69, 9.17) is 14.5 Å². The number of nitrogens with zero attached hydrogens (tertiary/aromatic N) is 7. The van der Waals surface area contributed by atoms with Crippen LogP contribution in [0.1, 0.15) is 22.3 Å². The summed E-state index contributed by atoms with van der Waals surface area (Å²) < 4.78 is 10.5. The largest absolute Gasteiger partial charge is 0.392 e. The number of fused-ring (bicyclic) bond motifs is 4. The van der Waals surface area contributed by atoms with Crippen LogP contribution in [-0.2, 0) is 22.6 Å². The highest BCUT2D eigenvalue weighted by molar-refractivity contribution is 5.97. The molecule has 0 amide bonds. The van der Waals surface area contributed by atoms with Crippen LogP contribution >= 0.6 is 0 Å². The molecule has 0 bridgehead atoms. The molecular formula is C50H50N12O3. The van der Waals surface area contributed by atoms with Crippen LogP contribution < -0.4 is 5.32 Å². The van der Waals surface area contributed by atoms with E-state index in [1.54, 1.807) is 6.20 Å². The van der Waals surface area contributed by atoms with Crippen molar-refractivity contribution in [2.75, 3.05) is 52.6 Å². The van der Waals surface area contributed by atoms with Crippen LogP contribution in [0.3, 0.4) is 0 Å². The summed E-state index contributed by atoms with van der Waals surface area (Å²) >= 11 is 0. The second kappa shape index (κ2) is 18.9. The van der Waals surface area contributed by atoms with Crippen LogP contribution in [0.4, 0.5) is 0 Å². The molecule has 0 aliphatic carbocycles. The lowest BCUT2D eigenvalue weighted by Crippen LogP contribution is -2.35. The van der Waals surface area contributed by atoms with Crippen molar-refractivity contribution in [2.45, 2.75) is 27.0 Å². The SMILES string of the molecule is C1COCCN1.Cc1c(CN2CCOCC2)cncc1-c1ccc2[nH]nc(-c3nc4ccccc4[nH]3)c2c1.Cc1c(CO)cncc1-c1ccc2[nH]nc(-c3nc4ccccc4[nH]3)c2c1. The predicted molar refractivity (Wildman–Crippen MR) is 254 cm³/mol. The number of hydrogen-bond donors (Lipinski definition) is 6. The smallest absolute Gasteiger partial charge is 0.159 e. The molecule has 0 saturated carbocycles. The predicted octanol–water partition coefficient (Wildman–Crippen LogP) is 7.88. The number of rotatable bonds is 7. The Hall–Kier alpha value is -7.14. The van der Waals surface area contributed by atoms with Crippen molar-refractivity contribution in [3.05, 3.63) is 132 Å². The maximum Gasteiger partial charge on any atom is 0.159 e. The normalized spacial score (nSPS) is 14.4. The third-order valence-electron chi connectivity index (χ3n) is 12.1. The van der Waals surface area contributed by atoms with E-state index in [1.165, 1.54) is 11.1 Å². The zero-order valence-corrected chi connectivity index (χ0v) is 36.4. The van der Waals surface area contributed by atoms with Gasteiger partial charge in [-0.15, -0.1) is 0 Å². The molecule has 6 aromatic heterocycles. The van der Waals surface area contributed by atoms with Gasteiger partial charge in [0.15, 0.2) is 11.6 Å². The minimum atomic E-state index is -0.0230. The summed E-state index contributed by atoms with van der Waals surface area (Å²) in [5.74, 6) is 1.50. The quantitative estimate of drug-likeness (QED) is 0.0913. The van der Waals surface area contributed by atoms with Gasteiger partial charge in [0.1, 0.15) is 11.4 Å². The summed E-state index contributed by atoms with van der Waals surface area (Å²) in [4.78, 5) is 27.4. The van der Waals surface area contributed by atoms with Crippen molar-refractivity contribution < 1.29 is 14.6 Å². The van der Waals surface area contributed by atoms with Gasteiger partial charge in [-0.1, -0.05) is 36.4 Å². The fraction of sp³-hybridized carbons (Fsp3) is 0.240. The van der Waals surface area contributed by atoms with Gasteiger partial charge < -0.3 is 29.9 Å². The number of benzene rings is 4. The number of imidazole rings is 2. The number of para-hydroxylation sites is 4. The Bertz CT molecular complexity index is 3150. The van der Waals surface area contributed by atoms with E-state index in [0.717, 1.165) is 159 Å². The van der Waals surface area contributed by atoms with Gasteiger partial charge in [0.25, 0.3) is 0 Å². The highest BCUT2D eigenvalue weighted by Gasteiger charge is 2.18. The van der Waals surface area contributed by atoms with E-state index in [9.17, 15) is 5.11 Å². The van der Waals surface area contributed by atoms with Crippen molar-refractivity contribution in [1.29, 1.82) is 0 Å². The minimum Gasteiger partial charge on any atom is -0.392 e. The molecule has 2 aliphatic heterocycles. The zero-order valence-electron chi connectivity index (χ0n) is 36.4. The van der Waals surface area contributed by atoms with Crippen molar-refractivity contribution in [3.8, 4) is 45.3 Å². The molecule has 15 heteroatoms. The fourth-order valence-corrected chi connectivity index (χ4v) is 8.41. The number of pyridine rings is 2. The molecule has 6 N–H and O–H groups in total. The van der Waals surface area contributed by atoms with Gasteiger partial charge in [0.2, 0.25) is 0 Å². The lowest BCUT2D eigenvalue weighted by Gasteiger charge is -2.27. The summed E-state index contributed by atoms with van der Waals surface area (Å²) in [6, 6.07) is 28.5. The summed E-state index contributed by atoms with van der Waals surface area (Å²) in [5.41, 5.74) is 16.1. The number of aromatic amines is 4. The Morgan fingerprint density at radius 1 is 0.585 bits per heavy atom. The van der Waals surface area contributed by atoms with Crippen LogP contribution in [-0.4, -0.2) is 113 Å². The van der Waals surface area contributed by atoms with Crippen molar-refractivity contribution in [2.24, 2.45) is 0 Å². The first-order valence-corrected chi connectivity index (χ1v) is 21.9. The number of aliphatic hydroxyl groups is 1. The average molecular weight is 867 g/mol. The molecule has 12 rings (SSSR count). The molecule has 4 aromatic carbocycles. The van der Waals surface area contributed by atoms with Gasteiger partial charge >= 0.3 is 0 Å². The lowest BCUT2D eigenvalue weighted by molar-refractivity contribution is 0.0341. The van der Waals surface area contributed by atoms with Gasteiger partial charge in [-0.3, -0.25) is 25.1 Å². The molecule has 0 spiro atoms. The number of hydrogen-bond acceptors (Lipinski definition) is 11. The second-order valence-electron chi connectivity index (χ2n) is 16.2. The monoisotopic (exact) mass is 866 g/mol. The van der Waals surface area contributed by atoms with Crippen LogP contribution in [0, 0.1) is 13.8 Å². The third kappa shape index (κ3) is 8.87. The first-order chi connectivity index (χ1) is 32.0. The van der Waals surface area contributed by atoms with Gasteiger partial charge in [-0.2, -0.15) is 10.2 Å². The number of aromatic nitrogens is 10. The number of morpholine rings is 2. The Labute approximate surface area is 374 Å². The van der Waals surface area contributed by atoms with Gasteiger partial charge in [-0.05, 0) is 95.8 Å². The zero-order chi connectivity index (χ0) is 44.1. The van der Waals surface area contributed by atoms with Gasteiger partial charge in [0.05, 0.1) is 66.1 Å². The molecule has 10 aromatic rings. The molecule has 65 heavy (non-hydrogen) atoms. The molecule has 2 saturated heterocycles. The molecule has 2 aliphatic rings. The Kier molecular flexibility index (Phi) is 12.2.